The van der Waals surface area contributed by atoms with Crippen LogP contribution in [0.1, 0.15) is 47.5 Å². The molecule has 0 amide bonds. The van der Waals surface area contributed by atoms with Crippen LogP contribution in [0.2, 0.25) is 0 Å². The minimum absolute atomic E-state index is 0.145. The summed E-state index contributed by atoms with van der Waals surface area (Å²) >= 11 is 0. The monoisotopic (exact) mass is 283 g/mol. The van der Waals surface area contributed by atoms with E-state index in [1.165, 1.54) is 0 Å². The van der Waals surface area contributed by atoms with Gasteiger partial charge in [-0.1, -0.05) is 34.6 Å². The summed E-state index contributed by atoms with van der Waals surface area (Å²) < 4.78 is 40.4. The Balaban J connectivity index is 3.94. The Morgan fingerprint density at radius 3 is 2.11 bits per heavy atom. The Morgan fingerprint density at radius 1 is 1.11 bits per heavy atom. The van der Waals surface area contributed by atoms with Crippen molar-refractivity contribution in [1.29, 1.82) is 0 Å². The molecule has 0 rings (SSSR count). The van der Waals surface area contributed by atoms with Crippen LogP contribution in [0, 0.1) is 11.3 Å². The zero-order valence-electron chi connectivity index (χ0n) is 12.7. The highest BCUT2D eigenvalue weighted by atomic mass is 19.4. The van der Waals surface area contributed by atoms with Crippen molar-refractivity contribution in [3.63, 3.8) is 0 Å². The molecule has 0 radical (unpaired) electrons. The van der Waals surface area contributed by atoms with Crippen LogP contribution in [0.3, 0.4) is 0 Å². The predicted octanol–water partition coefficient (Wildman–Crippen LogP) is 4.01. The molecule has 1 unspecified atom stereocenters. The van der Waals surface area contributed by atoms with E-state index in [1.807, 2.05) is 0 Å². The molecule has 5 heteroatoms. The quantitative estimate of drug-likeness (QED) is 0.680. The molecular formula is C14H28F3NO. The molecule has 0 aromatic carbocycles. The van der Waals surface area contributed by atoms with E-state index in [0.29, 0.717) is 18.4 Å². The molecule has 0 saturated heterocycles. The summed E-state index contributed by atoms with van der Waals surface area (Å²) in [6.45, 7) is 10.6. The molecule has 0 aliphatic rings. The van der Waals surface area contributed by atoms with Gasteiger partial charge in [-0.2, -0.15) is 13.2 Å². The van der Waals surface area contributed by atoms with Gasteiger partial charge in [0.25, 0.3) is 0 Å². The van der Waals surface area contributed by atoms with Gasteiger partial charge in [0, 0.05) is 12.6 Å². The summed E-state index contributed by atoms with van der Waals surface area (Å²) in [4.78, 5) is 0. The third-order valence-electron chi connectivity index (χ3n) is 3.10. The van der Waals surface area contributed by atoms with E-state index in [4.69, 9.17) is 0 Å². The van der Waals surface area contributed by atoms with Gasteiger partial charge in [-0.15, -0.1) is 0 Å². The summed E-state index contributed by atoms with van der Waals surface area (Å²) in [7, 11) is 0. The fourth-order valence-corrected chi connectivity index (χ4v) is 1.84. The van der Waals surface area contributed by atoms with Crippen LogP contribution in [-0.2, 0) is 4.74 Å². The molecule has 0 aromatic heterocycles. The van der Waals surface area contributed by atoms with Gasteiger partial charge in [0.15, 0.2) is 0 Å². The lowest BCUT2D eigenvalue weighted by Gasteiger charge is -2.32. The van der Waals surface area contributed by atoms with E-state index in [1.54, 1.807) is 0 Å². The van der Waals surface area contributed by atoms with Crippen LogP contribution in [0.5, 0.6) is 0 Å². The first-order valence-electron chi connectivity index (χ1n) is 6.90. The van der Waals surface area contributed by atoms with Crippen LogP contribution in [0.25, 0.3) is 0 Å². The van der Waals surface area contributed by atoms with Gasteiger partial charge in [0.05, 0.1) is 0 Å². The molecule has 0 saturated carbocycles. The first kappa shape index (κ1) is 18.7. The number of halogens is 3. The van der Waals surface area contributed by atoms with Crippen molar-refractivity contribution >= 4 is 0 Å². The smallest absolute Gasteiger partial charge is 0.372 e. The number of ether oxygens (including phenoxy) is 1. The molecule has 116 valence electrons. The second-order valence-electron chi connectivity index (χ2n) is 6.44. The van der Waals surface area contributed by atoms with Crippen molar-refractivity contribution in [1.82, 2.24) is 5.32 Å². The lowest BCUT2D eigenvalue weighted by Crippen LogP contribution is -2.35. The minimum Gasteiger partial charge on any atom is -0.372 e. The zero-order chi connectivity index (χ0) is 15.1. The Labute approximate surface area is 115 Å². The highest BCUT2D eigenvalue weighted by molar-refractivity contribution is 4.76. The largest absolute Gasteiger partial charge is 0.411 e. The van der Waals surface area contributed by atoms with E-state index in [0.717, 1.165) is 13.0 Å². The van der Waals surface area contributed by atoms with E-state index in [2.05, 4.69) is 44.7 Å². The van der Waals surface area contributed by atoms with Crippen LogP contribution in [0.4, 0.5) is 13.2 Å². The second kappa shape index (κ2) is 8.10. The molecule has 0 aromatic rings. The minimum atomic E-state index is -4.22. The predicted molar refractivity (Wildman–Crippen MR) is 72.2 cm³/mol. The van der Waals surface area contributed by atoms with Crippen molar-refractivity contribution in [2.24, 2.45) is 11.3 Å². The van der Waals surface area contributed by atoms with Crippen LogP contribution >= 0.6 is 0 Å². The summed E-state index contributed by atoms with van der Waals surface area (Å²) in [5.41, 5.74) is 0.145. The van der Waals surface area contributed by atoms with E-state index >= 15 is 0 Å². The van der Waals surface area contributed by atoms with Crippen LogP contribution < -0.4 is 5.32 Å². The molecule has 0 aliphatic heterocycles. The number of alkyl halides is 3. The molecule has 0 aliphatic carbocycles. The maximum atomic E-state index is 11.9. The van der Waals surface area contributed by atoms with E-state index < -0.39 is 12.8 Å². The summed E-state index contributed by atoms with van der Waals surface area (Å²) in [5.74, 6) is 0.435. The molecule has 0 heterocycles. The molecule has 19 heavy (non-hydrogen) atoms. The third-order valence-corrected chi connectivity index (χ3v) is 3.10. The lowest BCUT2D eigenvalue weighted by atomic mass is 9.78. The highest BCUT2D eigenvalue weighted by Crippen LogP contribution is 2.29. The van der Waals surface area contributed by atoms with E-state index in [-0.39, 0.29) is 12.0 Å². The van der Waals surface area contributed by atoms with Crippen molar-refractivity contribution in [2.45, 2.75) is 59.7 Å². The Bertz CT molecular complexity index is 234. The highest BCUT2D eigenvalue weighted by Gasteiger charge is 2.28. The summed E-state index contributed by atoms with van der Waals surface area (Å²) in [6.07, 6.45) is -2.68. The fourth-order valence-electron chi connectivity index (χ4n) is 1.84. The van der Waals surface area contributed by atoms with Crippen LogP contribution in [0.15, 0.2) is 0 Å². The van der Waals surface area contributed by atoms with Gasteiger partial charge >= 0.3 is 6.18 Å². The van der Waals surface area contributed by atoms with Crippen molar-refractivity contribution in [3.05, 3.63) is 0 Å². The van der Waals surface area contributed by atoms with Gasteiger partial charge in [0.1, 0.15) is 6.61 Å². The SMILES string of the molecule is CC(C)NCC(CCCOCC(F)(F)F)C(C)(C)C. The molecule has 2 nitrogen and oxygen atoms in total. The maximum absolute atomic E-state index is 11.9. The van der Waals surface area contributed by atoms with Gasteiger partial charge in [-0.3, -0.25) is 0 Å². The topological polar surface area (TPSA) is 21.3 Å². The van der Waals surface area contributed by atoms with Crippen molar-refractivity contribution in [3.8, 4) is 0 Å². The normalized spacial score (nSPS) is 15.0. The van der Waals surface area contributed by atoms with E-state index in [9.17, 15) is 13.2 Å². The van der Waals surface area contributed by atoms with Gasteiger partial charge in [-0.05, 0) is 30.7 Å². The van der Waals surface area contributed by atoms with Crippen molar-refractivity contribution in [2.75, 3.05) is 19.8 Å². The molecule has 1 N–H and O–H groups in total. The lowest BCUT2D eigenvalue weighted by molar-refractivity contribution is -0.174. The molecular weight excluding hydrogens is 255 g/mol. The molecule has 0 fully saturated rings. The first-order chi connectivity index (χ1) is 8.52. The Morgan fingerprint density at radius 2 is 1.68 bits per heavy atom. The third kappa shape index (κ3) is 11.3. The summed E-state index contributed by atoms with van der Waals surface area (Å²) in [5, 5.41) is 3.40. The molecule has 0 bridgehead atoms. The number of rotatable bonds is 8. The zero-order valence-corrected chi connectivity index (χ0v) is 12.7. The summed E-state index contributed by atoms with van der Waals surface area (Å²) in [6, 6.07) is 0.423. The Hall–Kier alpha value is -0.290. The van der Waals surface area contributed by atoms with Gasteiger partial charge in [0.2, 0.25) is 0 Å². The maximum Gasteiger partial charge on any atom is 0.411 e. The van der Waals surface area contributed by atoms with Gasteiger partial charge < -0.3 is 10.1 Å². The van der Waals surface area contributed by atoms with Crippen molar-refractivity contribution < 1.29 is 17.9 Å². The molecule has 0 spiro atoms. The average Bonchev–Trinajstić information content (AvgIpc) is 2.17. The molecule has 1 atom stereocenters. The van der Waals surface area contributed by atoms with Gasteiger partial charge in [-0.25, -0.2) is 0 Å². The number of hydrogen-bond donors (Lipinski definition) is 1. The average molecular weight is 283 g/mol. The fraction of sp³-hybridized carbons (Fsp3) is 1.00. The second-order valence-corrected chi connectivity index (χ2v) is 6.44. The number of nitrogens with one attached hydrogen (secondary N) is 1. The first-order valence-corrected chi connectivity index (χ1v) is 6.90. The van der Waals surface area contributed by atoms with Crippen LogP contribution in [-0.4, -0.2) is 32.0 Å². The number of hydrogen-bond acceptors (Lipinski definition) is 2. The Kier molecular flexibility index (Phi) is 7.98. The standard InChI is InChI=1S/C14H28F3NO/c1-11(2)18-9-12(13(3,4)5)7-6-8-19-10-14(15,16)17/h11-12,18H,6-10H2,1-5H3.